The van der Waals surface area contributed by atoms with E-state index < -0.39 is 5.97 Å². The molecular formula is C14H28N2O4. The molecule has 0 aliphatic rings. The smallest absolute Gasteiger partial charge is 0.303 e. The van der Waals surface area contributed by atoms with Gasteiger partial charge in [0.1, 0.15) is 0 Å². The second kappa shape index (κ2) is 9.72. The summed E-state index contributed by atoms with van der Waals surface area (Å²) in [6.45, 7) is 7.42. The van der Waals surface area contributed by atoms with Crippen LogP contribution in [0, 0.1) is 5.41 Å². The lowest BCUT2D eigenvalue weighted by molar-refractivity contribution is -0.137. The zero-order chi connectivity index (χ0) is 15.6. The first kappa shape index (κ1) is 18.9. The first-order chi connectivity index (χ1) is 9.26. The van der Waals surface area contributed by atoms with Crippen LogP contribution >= 0.6 is 0 Å². The van der Waals surface area contributed by atoms with Crippen molar-refractivity contribution in [1.29, 1.82) is 0 Å². The fourth-order valence-corrected chi connectivity index (χ4v) is 1.82. The van der Waals surface area contributed by atoms with Gasteiger partial charge in [-0.3, -0.25) is 9.59 Å². The molecule has 0 bridgehead atoms. The molecule has 6 heteroatoms. The maximum absolute atomic E-state index is 11.6. The van der Waals surface area contributed by atoms with Crippen molar-refractivity contribution in [2.45, 2.75) is 46.1 Å². The molecule has 1 atom stereocenters. The van der Waals surface area contributed by atoms with Gasteiger partial charge in [-0.25, -0.2) is 0 Å². The molecule has 20 heavy (non-hydrogen) atoms. The summed E-state index contributed by atoms with van der Waals surface area (Å²) in [4.78, 5) is 22.1. The first-order valence-corrected chi connectivity index (χ1v) is 6.97. The number of carbonyl (C=O) groups excluding carboxylic acids is 1. The Morgan fingerprint density at radius 3 is 2.50 bits per heavy atom. The van der Waals surface area contributed by atoms with Crippen LogP contribution in [0.4, 0.5) is 0 Å². The molecule has 6 nitrogen and oxygen atoms in total. The third-order valence-electron chi connectivity index (χ3n) is 3.10. The molecule has 0 saturated carbocycles. The van der Waals surface area contributed by atoms with Gasteiger partial charge in [-0.1, -0.05) is 13.8 Å². The van der Waals surface area contributed by atoms with E-state index in [4.69, 9.17) is 9.84 Å². The molecule has 118 valence electrons. The number of ether oxygens (including phenoxy) is 1. The van der Waals surface area contributed by atoms with Crippen molar-refractivity contribution in [1.82, 2.24) is 10.6 Å². The maximum atomic E-state index is 11.6. The minimum absolute atomic E-state index is 0.00121. The van der Waals surface area contributed by atoms with Gasteiger partial charge in [-0.15, -0.1) is 0 Å². The molecule has 0 heterocycles. The number of hydrogen-bond donors (Lipinski definition) is 3. The standard InChI is InChI=1S/C14H28N2O4/c1-11(10-20-4)16-12(17)9-15-8-7-14(2,3)6-5-13(18)19/h11,15H,5-10H2,1-4H3,(H,16,17)(H,18,19). The fourth-order valence-electron chi connectivity index (χ4n) is 1.82. The van der Waals surface area contributed by atoms with Crippen LogP contribution in [0.25, 0.3) is 0 Å². The largest absolute Gasteiger partial charge is 0.481 e. The van der Waals surface area contributed by atoms with Crippen LogP contribution in [0.15, 0.2) is 0 Å². The molecule has 0 aromatic rings. The SMILES string of the molecule is COCC(C)NC(=O)CNCCC(C)(C)CCC(=O)O. The topological polar surface area (TPSA) is 87.7 Å². The first-order valence-electron chi connectivity index (χ1n) is 6.97. The van der Waals surface area contributed by atoms with Crippen LogP contribution in [0.3, 0.4) is 0 Å². The van der Waals surface area contributed by atoms with Crippen LogP contribution in [-0.4, -0.2) is 49.8 Å². The number of carboxylic acid groups (broad SMARTS) is 1. The highest BCUT2D eigenvalue weighted by atomic mass is 16.5. The summed E-state index contributed by atoms with van der Waals surface area (Å²) in [6.07, 6.45) is 1.66. The Balaban J connectivity index is 3.73. The summed E-state index contributed by atoms with van der Waals surface area (Å²) >= 11 is 0. The Labute approximate surface area is 121 Å². The Hall–Kier alpha value is -1.14. The number of rotatable bonds is 11. The third-order valence-corrected chi connectivity index (χ3v) is 3.10. The van der Waals surface area contributed by atoms with Crippen molar-refractivity contribution in [3.63, 3.8) is 0 Å². The molecule has 0 aliphatic heterocycles. The molecule has 0 aromatic carbocycles. The molecule has 1 unspecified atom stereocenters. The van der Waals surface area contributed by atoms with E-state index in [1.807, 2.05) is 20.8 Å². The lowest BCUT2D eigenvalue weighted by atomic mass is 9.84. The van der Waals surface area contributed by atoms with E-state index in [1.54, 1.807) is 7.11 Å². The Bertz CT molecular complexity index is 306. The lowest BCUT2D eigenvalue weighted by Crippen LogP contribution is -2.41. The quantitative estimate of drug-likeness (QED) is 0.494. The number of methoxy groups -OCH3 is 1. The summed E-state index contributed by atoms with van der Waals surface area (Å²) in [5, 5.41) is 14.6. The fraction of sp³-hybridized carbons (Fsp3) is 0.857. The summed E-state index contributed by atoms with van der Waals surface area (Å²) < 4.78 is 4.94. The molecule has 0 radical (unpaired) electrons. The molecule has 0 rings (SSSR count). The van der Waals surface area contributed by atoms with Gasteiger partial charge in [-0.05, 0) is 31.7 Å². The van der Waals surface area contributed by atoms with Gasteiger partial charge in [-0.2, -0.15) is 0 Å². The van der Waals surface area contributed by atoms with Crippen molar-refractivity contribution >= 4 is 11.9 Å². The maximum Gasteiger partial charge on any atom is 0.303 e. The predicted molar refractivity (Wildman–Crippen MR) is 77.6 cm³/mol. The van der Waals surface area contributed by atoms with Gasteiger partial charge in [0.05, 0.1) is 13.2 Å². The number of carbonyl (C=O) groups is 2. The van der Waals surface area contributed by atoms with Gasteiger partial charge in [0, 0.05) is 19.6 Å². The average molecular weight is 288 g/mol. The van der Waals surface area contributed by atoms with E-state index in [9.17, 15) is 9.59 Å². The van der Waals surface area contributed by atoms with E-state index in [-0.39, 0.29) is 30.3 Å². The summed E-state index contributed by atoms with van der Waals surface area (Å²) in [7, 11) is 1.60. The number of nitrogens with one attached hydrogen (secondary N) is 2. The van der Waals surface area contributed by atoms with Crippen LogP contribution in [-0.2, 0) is 14.3 Å². The van der Waals surface area contributed by atoms with Gasteiger partial charge < -0.3 is 20.5 Å². The van der Waals surface area contributed by atoms with Crippen molar-refractivity contribution in [2.75, 3.05) is 26.8 Å². The minimum atomic E-state index is -0.766. The number of carboxylic acids is 1. The van der Waals surface area contributed by atoms with Crippen LogP contribution < -0.4 is 10.6 Å². The van der Waals surface area contributed by atoms with Gasteiger partial charge in [0.15, 0.2) is 0 Å². The zero-order valence-electron chi connectivity index (χ0n) is 13.0. The number of hydrogen-bond acceptors (Lipinski definition) is 4. The van der Waals surface area contributed by atoms with E-state index in [0.717, 1.165) is 6.42 Å². The van der Waals surface area contributed by atoms with Crippen LogP contribution in [0.1, 0.15) is 40.0 Å². The van der Waals surface area contributed by atoms with Crippen molar-refractivity contribution in [3.05, 3.63) is 0 Å². The monoisotopic (exact) mass is 288 g/mol. The summed E-state index contributed by atoms with van der Waals surface area (Å²) in [5.41, 5.74) is -0.0365. The minimum Gasteiger partial charge on any atom is -0.481 e. The Kier molecular flexibility index (Phi) is 9.16. The van der Waals surface area contributed by atoms with E-state index in [0.29, 0.717) is 19.6 Å². The van der Waals surface area contributed by atoms with E-state index in [1.165, 1.54) is 0 Å². The number of amides is 1. The molecule has 1 amide bonds. The highest BCUT2D eigenvalue weighted by Crippen LogP contribution is 2.25. The zero-order valence-corrected chi connectivity index (χ0v) is 13.0. The van der Waals surface area contributed by atoms with Crippen LogP contribution in [0.5, 0.6) is 0 Å². The molecule has 0 spiro atoms. The molecule has 0 aromatic heterocycles. The van der Waals surface area contributed by atoms with Gasteiger partial charge in [0.2, 0.25) is 5.91 Å². The van der Waals surface area contributed by atoms with Gasteiger partial charge in [0.25, 0.3) is 0 Å². The predicted octanol–water partition coefficient (Wildman–Crippen LogP) is 1.01. The summed E-state index contributed by atoms with van der Waals surface area (Å²) in [6, 6.07) is 0.00121. The second-order valence-electron chi connectivity index (χ2n) is 5.91. The molecular weight excluding hydrogens is 260 g/mol. The molecule has 0 saturated heterocycles. The van der Waals surface area contributed by atoms with Gasteiger partial charge >= 0.3 is 5.97 Å². The molecule has 0 fully saturated rings. The second-order valence-corrected chi connectivity index (χ2v) is 5.91. The van der Waals surface area contributed by atoms with Crippen molar-refractivity contribution in [2.24, 2.45) is 5.41 Å². The highest BCUT2D eigenvalue weighted by molar-refractivity contribution is 5.78. The van der Waals surface area contributed by atoms with Crippen LogP contribution in [0.2, 0.25) is 0 Å². The third kappa shape index (κ3) is 10.8. The lowest BCUT2D eigenvalue weighted by Gasteiger charge is -2.23. The normalized spacial score (nSPS) is 13.0. The van der Waals surface area contributed by atoms with E-state index >= 15 is 0 Å². The molecule has 3 N–H and O–H groups in total. The van der Waals surface area contributed by atoms with Crippen molar-refractivity contribution in [3.8, 4) is 0 Å². The average Bonchev–Trinajstić information content (AvgIpc) is 2.33. The summed E-state index contributed by atoms with van der Waals surface area (Å²) in [5.74, 6) is -0.824. The number of aliphatic carboxylic acids is 1. The van der Waals surface area contributed by atoms with E-state index in [2.05, 4.69) is 10.6 Å². The molecule has 0 aliphatic carbocycles. The van der Waals surface area contributed by atoms with Crippen molar-refractivity contribution < 1.29 is 19.4 Å². The Morgan fingerprint density at radius 1 is 1.30 bits per heavy atom. The Morgan fingerprint density at radius 2 is 1.95 bits per heavy atom. The highest BCUT2D eigenvalue weighted by Gasteiger charge is 2.18.